The van der Waals surface area contributed by atoms with Crippen molar-refractivity contribution in [2.45, 2.75) is 0 Å². The van der Waals surface area contributed by atoms with E-state index in [1.54, 1.807) is 5.01 Å². The lowest BCUT2D eigenvalue weighted by Gasteiger charge is -2.11. The second-order valence-electron chi connectivity index (χ2n) is 2.14. The second-order valence-corrected chi connectivity index (χ2v) is 2.58. The van der Waals surface area contributed by atoms with E-state index in [4.69, 9.17) is 11.6 Å². The van der Waals surface area contributed by atoms with Crippen molar-refractivity contribution >= 4 is 24.0 Å². The van der Waals surface area contributed by atoms with Gasteiger partial charge in [-0.3, -0.25) is 5.01 Å². The largest absolute Gasteiger partial charge is 0.269 e. The van der Waals surface area contributed by atoms with Gasteiger partial charge in [-0.15, -0.1) is 0 Å². The maximum atomic E-state index is 5.76. The number of halogens is 1. The lowest BCUT2D eigenvalue weighted by atomic mass is 10.3. The Hall–Kier alpha value is -1.02. The molecule has 0 N–H and O–H groups in total. The predicted octanol–water partition coefficient (Wildman–Crippen LogP) is 2.39. The van der Waals surface area contributed by atoms with E-state index >= 15 is 0 Å². The highest BCUT2D eigenvalue weighted by Crippen LogP contribution is 2.17. The van der Waals surface area contributed by atoms with Crippen LogP contribution in [0.1, 0.15) is 0 Å². The van der Waals surface area contributed by atoms with Gasteiger partial charge in [-0.25, -0.2) is 0 Å². The monoisotopic (exact) mass is 168 g/mol. The van der Waals surface area contributed by atoms with Gasteiger partial charge in [-0.2, -0.15) is 5.10 Å². The van der Waals surface area contributed by atoms with Gasteiger partial charge in [0.1, 0.15) is 0 Å². The van der Waals surface area contributed by atoms with E-state index in [2.05, 4.69) is 11.8 Å². The normalized spacial score (nSPS) is 9.27. The average Bonchev–Trinajstić information content (AvgIpc) is 2.03. The zero-order chi connectivity index (χ0) is 8.27. The molecule has 0 atom stereocenters. The zero-order valence-electron chi connectivity index (χ0n) is 6.29. The molecule has 2 nitrogen and oxygen atoms in total. The summed E-state index contributed by atoms with van der Waals surface area (Å²) >= 11 is 5.76. The molecule has 0 heterocycles. The summed E-state index contributed by atoms with van der Waals surface area (Å²) in [6.45, 7) is 3.40. The van der Waals surface area contributed by atoms with Crippen LogP contribution in [0, 0.1) is 0 Å². The third-order valence-electron chi connectivity index (χ3n) is 1.39. The van der Waals surface area contributed by atoms with Crippen molar-refractivity contribution in [1.29, 1.82) is 0 Å². The Morgan fingerprint density at radius 3 is 2.82 bits per heavy atom. The molecule has 0 radical (unpaired) electrons. The Morgan fingerprint density at radius 2 is 2.27 bits per heavy atom. The van der Waals surface area contributed by atoms with Crippen LogP contribution in [0.3, 0.4) is 0 Å². The van der Waals surface area contributed by atoms with E-state index in [0.29, 0.717) is 5.02 Å². The highest BCUT2D eigenvalue weighted by atomic mass is 35.5. The number of benzene rings is 1. The van der Waals surface area contributed by atoms with E-state index in [0.717, 1.165) is 5.69 Å². The first-order valence-corrected chi connectivity index (χ1v) is 3.58. The highest BCUT2D eigenvalue weighted by molar-refractivity contribution is 6.30. The highest BCUT2D eigenvalue weighted by Gasteiger charge is 1.96. The van der Waals surface area contributed by atoms with Crippen molar-refractivity contribution < 1.29 is 0 Å². The molecule has 3 heteroatoms. The van der Waals surface area contributed by atoms with Gasteiger partial charge in [0, 0.05) is 18.8 Å². The van der Waals surface area contributed by atoms with Gasteiger partial charge < -0.3 is 0 Å². The first kappa shape index (κ1) is 8.08. The average molecular weight is 169 g/mol. The number of nitrogens with zero attached hydrogens (tertiary/aromatic N) is 2. The molecule has 1 rings (SSSR count). The quantitative estimate of drug-likeness (QED) is 0.489. The fourth-order valence-electron chi connectivity index (χ4n) is 0.759. The van der Waals surface area contributed by atoms with Crippen LogP contribution in [-0.2, 0) is 0 Å². The van der Waals surface area contributed by atoms with E-state index in [-0.39, 0.29) is 0 Å². The Kier molecular flexibility index (Phi) is 2.49. The molecule has 0 bridgehead atoms. The Labute approximate surface area is 71.1 Å². The number of anilines is 1. The third kappa shape index (κ3) is 1.95. The van der Waals surface area contributed by atoms with Gasteiger partial charge in [0.25, 0.3) is 0 Å². The van der Waals surface area contributed by atoms with Crippen molar-refractivity contribution in [3.63, 3.8) is 0 Å². The van der Waals surface area contributed by atoms with E-state index < -0.39 is 0 Å². The summed E-state index contributed by atoms with van der Waals surface area (Å²) in [5, 5.41) is 6.09. The fourth-order valence-corrected chi connectivity index (χ4v) is 0.944. The fraction of sp³-hybridized carbons (Fsp3) is 0.125. The number of hydrogen-bond acceptors (Lipinski definition) is 2. The lowest BCUT2D eigenvalue weighted by Crippen LogP contribution is -2.06. The smallest absolute Gasteiger partial charge is 0.0605 e. The molecule has 0 aromatic heterocycles. The van der Waals surface area contributed by atoms with Crippen LogP contribution < -0.4 is 5.01 Å². The molecule has 0 aliphatic heterocycles. The third-order valence-corrected chi connectivity index (χ3v) is 1.63. The predicted molar refractivity (Wildman–Crippen MR) is 49.4 cm³/mol. The summed E-state index contributed by atoms with van der Waals surface area (Å²) in [7, 11) is 1.82. The van der Waals surface area contributed by atoms with Gasteiger partial charge in [0.2, 0.25) is 0 Å². The molecule has 0 saturated carbocycles. The van der Waals surface area contributed by atoms with Crippen LogP contribution in [0.5, 0.6) is 0 Å². The number of hydrazone groups is 1. The number of hydrogen-bond donors (Lipinski definition) is 0. The summed E-state index contributed by atoms with van der Waals surface area (Å²) in [6, 6.07) is 7.44. The van der Waals surface area contributed by atoms with Crippen LogP contribution >= 0.6 is 11.6 Å². The molecular formula is C8H9ClN2. The van der Waals surface area contributed by atoms with E-state index in [1.807, 2.05) is 31.3 Å². The minimum absolute atomic E-state index is 0.706. The van der Waals surface area contributed by atoms with Crippen molar-refractivity contribution in [2.75, 3.05) is 12.1 Å². The Bertz CT molecular complexity index is 260. The summed E-state index contributed by atoms with van der Waals surface area (Å²) in [6.07, 6.45) is 0. The Morgan fingerprint density at radius 1 is 1.55 bits per heavy atom. The molecule has 0 aliphatic rings. The minimum atomic E-state index is 0.706. The SMILES string of the molecule is C=NN(C)c1cccc(Cl)c1. The van der Waals surface area contributed by atoms with E-state index in [9.17, 15) is 0 Å². The standard InChI is InChI=1S/C8H9ClN2/c1-10-11(2)8-5-3-4-7(9)6-8/h3-6H,1H2,2H3. The molecule has 0 aliphatic carbocycles. The first-order chi connectivity index (χ1) is 5.24. The molecule has 0 saturated heterocycles. The zero-order valence-corrected chi connectivity index (χ0v) is 7.04. The van der Waals surface area contributed by atoms with Crippen molar-refractivity contribution in [3.8, 4) is 0 Å². The van der Waals surface area contributed by atoms with Crippen LogP contribution in [0.15, 0.2) is 29.4 Å². The van der Waals surface area contributed by atoms with Crippen LogP contribution in [0.25, 0.3) is 0 Å². The molecular weight excluding hydrogens is 160 g/mol. The topological polar surface area (TPSA) is 15.6 Å². The molecule has 58 valence electrons. The molecule has 0 amide bonds. The second kappa shape index (κ2) is 3.39. The van der Waals surface area contributed by atoms with Crippen molar-refractivity contribution in [3.05, 3.63) is 29.3 Å². The summed E-state index contributed by atoms with van der Waals surface area (Å²) in [5.41, 5.74) is 0.938. The first-order valence-electron chi connectivity index (χ1n) is 3.20. The van der Waals surface area contributed by atoms with Crippen molar-refractivity contribution in [2.24, 2.45) is 5.10 Å². The van der Waals surface area contributed by atoms with E-state index in [1.165, 1.54) is 0 Å². The molecule has 1 aromatic rings. The Balaban J connectivity index is 2.95. The van der Waals surface area contributed by atoms with Crippen LogP contribution in [0.2, 0.25) is 5.02 Å². The molecule has 0 fully saturated rings. The molecule has 1 aromatic carbocycles. The van der Waals surface area contributed by atoms with Gasteiger partial charge >= 0.3 is 0 Å². The van der Waals surface area contributed by atoms with Crippen LogP contribution in [0.4, 0.5) is 5.69 Å². The summed E-state index contributed by atoms with van der Waals surface area (Å²) < 4.78 is 0. The van der Waals surface area contributed by atoms with Gasteiger partial charge in [0.15, 0.2) is 0 Å². The lowest BCUT2D eigenvalue weighted by molar-refractivity contribution is 1.03. The van der Waals surface area contributed by atoms with Gasteiger partial charge in [-0.1, -0.05) is 17.7 Å². The molecule has 11 heavy (non-hydrogen) atoms. The van der Waals surface area contributed by atoms with Gasteiger partial charge in [-0.05, 0) is 18.2 Å². The molecule has 0 spiro atoms. The minimum Gasteiger partial charge on any atom is -0.269 e. The van der Waals surface area contributed by atoms with Crippen molar-refractivity contribution in [1.82, 2.24) is 0 Å². The summed E-state index contributed by atoms with van der Waals surface area (Å²) in [4.78, 5) is 0. The van der Waals surface area contributed by atoms with Gasteiger partial charge in [0.05, 0.1) is 5.69 Å². The van der Waals surface area contributed by atoms with Crippen LogP contribution in [-0.4, -0.2) is 13.8 Å². The summed E-state index contributed by atoms with van der Waals surface area (Å²) in [5.74, 6) is 0. The maximum absolute atomic E-state index is 5.76. The maximum Gasteiger partial charge on any atom is 0.0605 e. The number of rotatable bonds is 2. The molecule has 0 unspecified atom stereocenters.